The maximum Gasteiger partial charge on any atom is 0.263 e. The summed E-state index contributed by atoms with van der Waals surface area (Å²) < 4.78 is 27.2. The van der Waals surface area contributed by atoms with Crippen LogP contribution in [0.5, 0.6) is 0 Å². The first-order valence-corrected chi connectivity index (χ1v) is 7.92. The zero-order valence-corrected chi connectivity index (χ0v) is 13.1. The number of aryl methyl sites for hydroxylation is 2. The smallest absolute Gasteiger partial charge is 0.263 e. The number of nitrogens with one attached hydrogen (secondary N) is 2. The minimum Gasteiger partial charge on any atom is -0.307 e. The van der Waals surface area contributed by atoms with Gasteiger partial charge in [-0.3, -0.25) is 4.72 Å². The molecule has 0 fully saturated rings. The lowest BCUT2D eigenvalue weighted by Gasteiger charge is -2.12. The molecule has 0 bridgehead atoms. The predicted octanol–water partition coefficient (Wildman–Crippen LogP) is 2.44. The van der Waals surface area contributed by atoms with Gasteiger partial charge in [-0.1, -0.05) is 23.7 Å². The molecule has 0 aliphatic heterocycles. The van der Waals surface area contributed by atoms with E-state index in [2.05, 4.69) is 15.1 Å². The summed E-state index contributed by atoms with van der Waals surface area (Å²) >= 11 is 5.90. The summed E-state index contributed by atoms with van der Waals surface area (Å²) in [5, 5.41) is 0.126. The fraction of sp³-hybridized carbons (Fsp3) is 0.154. The van der Waals surface area contributed by atoms with Crippen LogP contribution in [0.15, 0.2) is 35.4 Å². The second-order valence-electron chi connectivity index (χ2n) is 4.57. The molecule has 0 saturated carbocycles. The highest BCUT2D eigenvalue weighted by Gasteiger charge is 2.17. The van der Waals surface area contributed by atoms with E-state index >= 15 is 0 Å². The summed E-state index contributed by atoms with van der Waals surface area (Å²) in [6, 6.07) is 6.81. The van der Waals surface area contributed by atoms with Gasteiger partial charge in [-0.15, -0.1) is 0 Å². The van der Waals surface area contributed by atoms with Crippen molar-refractivity contribution in [3.05, 3.63) is 46.6 Å². The molecule has 0 radical (unpaired) electrons. The molecule has 1 aromatic carbocycles. The van der Waals surface area contributed by atoms with E-state index < -0.39 is 10.0 Å². The molecule has 21 heavy (non-hydrogen) atoms. The van der Waals surface area contributed by atoms with Crippen molar-refractivity contribution in [2.45, 2.75) is 18.7 Å². The highest BCUT2D eigenvalue weighted by molar-refractivity contribution is 7.92. The van der Waals surface area contributed by atoms with Gasteiger partial charge >= 0.3 is 0 Å². The molecule has 1 aromatic heterocycles. The van der Waals surface area contributed by atoms with Gasteiger partial charge in [0.05, 0.1) is 10.7 Å². The molecule has 1 heterocycles. The number of pyridine rings is 1. The van der Waals surface area contributed by atoms with Gasteiger partial charge in [-0.2, -0.15) is 0 Å². The predicted molar refractivity (Wildman–Crippen MR) is 83.8 cm³/mol. The summed E-state index contributed by atoms with van der Waals surface area (Å²) in [5.41, 5.74) is 4.58. The average molecular weight is 327 g/mol. The van der Waals surface area contributed by atoms with Crippen LogP contribution >= 0.6 is 11.6 Å². The average Bonchev–Trinajstić information content (AvgIpc) is 2.42. The third-order valence-electron chi connectivity index (χ3n) is 2.90. The Morgan fingerprint density at radius 3 is 2.57 bits per heavy atom. The maximum atomic E-state index is 12.4. The van der Waals surface area contributed by atoms with Gasteiger partial charge in [0.1, 0.15) is 4.90 Å². The SMILES string of the molecule is Cc1ccc(C)c(NS(=O)(=O)c2cnc(NN)c(Cl)c2)c1. The molecular weight excluding hydrogens is 312 g/mol. The summed E-state index contributed by atoms with van der Waals surface area (Å²) in [4.78, 5) is 3.82. The van der Waals surface area contributed by atoms with Crippen LogP contribution in [0.4, 0.5) is 11.5 Å². The third kappa shape index (κ3) is 3.44. The number of benzene rings is 1. The molecule has 0 aliphatic carbocycles. The number of anilines is 2. The molecule has 0 spiro atoms. The van der Waals surface area contributed by atoms with Crippen molar-refractivity contribution >= 4 is 33.1 Å². The van der Waals surface area contributed by atoms with Crippen molar-refractivity contribution < 1.29 is 8.42 Å². The summed E-state index contributed by atoms with van der Waals surface area (Å²) in [6.45, 7) is 3.71. The minimum absolute atomic E-state index is 0.0348. The lowest BCUT2D eigenvalue weighted by atomic mass is 10.1. The van der Waals surface area contributed by atoms with Crippen molar-refractivity contribution in [1.29, 1.82) is 0 Å². The van der Waals surface area contributed by atoms with Gasteiger partial charge in [-0.05, 0) is 37.1 Å². The van der Waals surface area contributed by atoms with Gasteiger partial charge in [0.15, 0.2) is 5.82 Å². The number of nitrogen functional groups attached to an aromatic ring is 1. The monoisotopic (exact) mass is 326 g/mol. The first-order valence-electron chi connectivity index (χ1n) is 6.06. The third-order valence-corrected chi connectivity index (χ3v) is 4.52. The van der Waals surface area contributed by atoms with E-state index in [9.17, 15) is 8.42 Å². The van der Waals surface area contributed by atoms with Crippen molar-refractivity contribution in [1.82, 2.24) is 4.98 Å². The molecule has 0 saturated heterocycles. The molecule has 8 heteroatoms. The second kappa shape index (κ2) is 5.88. The lowest BCUT2D eigenvalue weighted by molar-refractivity contribution is 0.601. The molecule has 6 nitrogen and oxygen atoms in total. The number of hydrazine groups is 1. The van der Waals surface area contributed by atoms with Gasteiger partial charge < -0.3 is 5.43 Å². The molecule has 112 valence electrons. The fourth-order valence-electron chi connectivity index (χ4n) is 1.72. The molecule has 0 unspecified atom stereocenters. The van der Waals surface area contributed by atoms with Crippen molar-refractivity contribution in [3.63, 3.8) is 0 Å². The minimum atomic E-state index is -3.77. The first kappa shape index (κ1) is 15.6. The number of aromatic nitrogens is 1. The van der Waals surface area contributed by atoms with Crippen LogP contribution in [0.1, 0.15) is 11.1 Å². The summed E-state index contributed by atoms with van der Waals surface area (Å²) in [7, 11) is -3.77. The molecule has 0 amide bonds. The molecule has 0 aliphatic rings. The van der Waals surface area contributed by atoms with E-state index in [0.717, 1.165) is 11.1 Å². The molecule has 2 rings (SSSR count). The van der Waals surface area contributed by atoms with Crippen LogP contribution in [-0.4, -0.2) is 13.4 Å². The molecule has 4 N–H and O–H groups in total. The van der Waals surface area contributed by atoms with Gasteiger partial charge in [0.25, 0.3) is 10.0 Å². The van der Waals surface area contributed by atoms with E-state index in [1.807, 2.05) is 26.0 Å². The van der Waals surface area contributed by atoms with Gasteiger partial charge in [-0.25, -0.2) is 19.2 Å². The van der Waals surface area contributed by atoms with Crippen LogP contribution in [0.3, 0.4) is 0 Å². The Hall–Kier alpha value is -1.83. The normalized spacial score (nSPS) is 11.2. The highest BCUT2D eigenvalue weighted by atomic mass is 35.5. The molecule has 0 atom stereocenters. The Labute approximate surface area is 128 Å². The zero-order valence-electron chi connectivity index (χ0n) is 11.5. The Bertz CT molecular complexity index is 778. The number of rotatable bonds is 4. The second-order valence-corrected chi connectivity index (χ2v) is 6.66. The first-order chi connectivity index (χ1) is 9.83. The van der Waals surface area contributed by atoms with E-state index in [-0.39, 0.29) is 15.7 Å². The molecule has 2 aromatic rings. The van der Waals surface area contributed by atoms with Crippen LogP contribution in [0, 0.1) is 13.8 Å². The quantitative estimate of drug-likeness (QED) is 0.592. The number of halogens is 1. The van der Waals surface area contributed by atoms with Gasteiger partial charge in [0, 0.05) is 6.20 Å². The Balaban J connectivity index is 2.38. The summed E-state index contributed by atoms with van der Waals surface area (Å²) in [5.74, 6) is 5.42. The Morgan fingerprint density at radius 1 is 1.24 bits per heavy atom. The van der Waals surface area contributed by atoms with E-state index in [1.54, 1.807) is 6.07 Å². The topological polar surface area (TPSA) is 97.1 Å². The zero-order chi connectivity index (χ0) is 15.6. The van der Waals surface area contributed by atoms with Crippen LogP contribution in [-0.2, 0) is 10.0 Å². The number of nitrogens with zero attached hydrogens (tertiary/aromatic N) is 1. The number of sulfonamides is 1. The van der Waals surface area contributed by atoms with Crippen LogP contribution in [0.2, 0.25) is 5.02 Å². The van der Waals surface area contributed by atoms with Crippen molar-refractivity contribution in [2.75, 3.05) is 10.1 Å². The van der Waals surface area contributed by atoms with Crippen molar-refractivity contribution in [3.8, 4) is 0 Å². The van der Waals surface area contributed by atoms with Crippen molar-refractivity contribution in [2.24, 2.45) is 5.84 Å². The van der Waals surface area contributed by atoms with Gasteiger partial charge in [0.2, 0.25) is 0 Å². The summed E-state index contributed by atoms with van der Waals surface area (Å²) in [6.07, 6.45) is 1.19. The van der Waals surface area contributed by atoms with Crippen LogP contribution in [0.25, 0.3) is 0 Å². The maximum absolute atomic E-state index is 12.4. The molecular formula is C13H15ClN4O2S. The number of nitrogens with two attached hydrogens (primary N) is 1. The van der Waals surface area contributed by atoms with E-state index in [0.29, 0.717) is 5.69 Å². The Kier molecular flexibility index (Phi) is 4.36. The largest absolute Gasteiger partial charge is 0.307 e. The number of hydrogen-bond donors (Lipinski definition) is 3. The lowest BCUT2D eigenvalue weighted by Crippen LogP contribution is -2.15. The Morgan fingerprint density at radius 2 is 1.95 bits per heavy atom. The highest BCUT2D eigenvalue weighted by Crippen LogP contribution is 2.24. The number of hydrogen-bond acceptors (Lipinski definition) is 5. The van der Waals surface area contributed by atoms with E-state index in [1.165, 1.54) is 12.3 Å². The van der Waals surface area contributed by atoms with E-state index in [4.69, 9.17) is 17.4 Å². The standard InChI is InChI=1S/C13H15ClN4O2S/c1-8-3-4-9(2)12(5-8)18-21(19,20)10-6-11(14)13(17-15)16-7-10/h3-7,18H,15H2,1-2H3,(H,16,17). The fourth-order valence-corrected chi connectivity index (χ4v) is 3.10. The van der Waals surface area contributed by atoms with Crippen LogP contribution < -0.4 is 16.0 Å².